The minimum Gasteiger partial charge on any atom is -0.486 e. The summed E-state index contributed by atoms with van der Waals surface area (Å²) in [5.41, 5.74) is 0. The largest absolute Gasteiger partial charge is 0.486 e. The first-order chi connectivity index (χ1) is 13.2. The lowest BCUT2D eigenvalue weighted by molar-refractivity contribution is 0.0992. The number of fused-ring (bicyclic) bond motifs is 1. The Morgan fingerprint density at radius 3 is 2.78 bits per heavy atom. The number of anilines is 1. The van der Waals surface area contributed by atoms with Gasteiger partial charge in [0.25, 0.3) is 5.91 Å². The van der Waals surface area contributed by atoms with Gasteiger partial charge in [0.1, 0.15) is 23.1 Å². The Hall–Kier alpha value is -3.19. The minimum absolute atomic E-state index is 0.209. The van der Waals surface area contributed by atoms with E-state index in [0.717, 1.165) is 28.0 Å². The molecule has 136 valence electrons. The van der Waals surface area contributed by atoms with Gasteiger partial charge < -0.3 is 9.15 Å². The Morgan fingerprint density at radius 2 is 1.96 bits per heavy atom. The fourth-order valence-corrected chi connectivity index (χ4v) is 3.27. The summed E-state index contributed by atoms with van der Waals surface area (Å²) in [4.78, 5) is 12.2. The highest BCUT2D eigenvalue weighted by atomic mass is 32.1. The number of nitrogens with one attached hydrogen (secondary N) is 1. The highest BCUT2D eigenvalue weighted by molar-refractivity contribution is 7.15. The number of carbonyl (C=O) groups excluding carboxylic acids is 1. The van der Waals surface area contributed by atoms with Gasteiger partial charge in [0.05, 0.1) is 0 Å². The maximum Gasteiger partial charge on any atom is 0.293 e. The van der Waals surface area contributed by atoms with E-state index in [9.17, 15) is 4.79 Å². The molecule has 0 aliphatic heterocycles. The Bertz CT molecular complexity index is 1090. The van der Waals surface area contributed by atoms with Gasteiger partial charge in [-0.25, -0.2) is 0 Å². The Kier molecular flexibility index (Phi) is 4.84. The molecule has 0 radical (unpaired) electrons. The van der Waals surface area contributed by atoms with Crippen LogP contribution in [0.2, 0.25) is 0 Å². The standard InChI is InChI=1S/C20H17N3O3S/c1-2-18-22-23-20(27-18)21-19(24)17-10-9-16(26-17)12-25-15-8-7-13-5-3-4-6-14(13)11-15/h3-11H,2,12H2,1H3,(H,21,23,24). The van der Waals surface area contributed by atoms with E-state index in [1.165, 1.54) is 11.3 Å². The number of hydrogen-bond donors (Lipinski definition) is 1. The molecule has 2 aromatic carbocycles. The molecule has 0 spiro atoms. The van der Waals surface area contributed by atoms with E-state index in [2.05, 4.69) is 21.6 Å². The summed E-state index contributed by atoms with van der Waals surface area (Å²) in [6.07, 6.45) is 0.782. The second-order valence-electron chi connectivity index (χ2n) is 5.87. The summed E-state index contributed by atoms with van der Waals surface area (Å²) in [6.45, 7) is 2.23. The second kappa shape index (κ2) is 7.59. The van der Waals surface area contributed by atoms with Crippen LogP contribution in [0.15, 0.2) is 59.0 Å². The summed E-state index contributed by atoms with van der Waals surface area (Å²) < 4.78 is 11.4. The van der Waals surface area contributed by atoms with Gasteiger partial charge in [-0.15, -0.1) is 10.2 Å². The summed E-state index contributed by atoms with van der Waals surface area (Å²) in [5.74, 6) is 1.17. The van der Waals surface area contributed by atoms with Crippen LogP contribution in [-0.2, 0) is 13.0 Å². The summed E-state index contributed by atoms with van der Waals surface area (Å²) in [5, 5.41) is 14.2. The molecule has 2 heterocycles. The molecule has 7 heteroatoms. The van der Waals surface area contributed by atoms with Gasteiger partial charge >= 0.3 is 0 Å². The first kappa shape index (κ1) is 17.2. The van der Waals surface area contributed by atoms with E-state index in [-0.39, 0.29) is 18.3 Å². The number of benzene rings is 2. The van der Waals surface area contributed by atoms with Crippen LogP contribution in [0.4, 0.5) is 5.13 Å². The first-order valence-corrected chi connectivity index (χ1v) is 9.37. The van der Waals surface area contributed by atoms with Crippen LogP contribution in [0.5, 0.6) is 5.75 Å². The molecule has 27 heavy (non-hydrogen) atoms. The molecular weight excluding hydrogens is 362 g/mol. The van der Waals surface area contributed by atoms with Crippen molar-refractivity contribution in [3.8, 4) is 5.75 Å². The van der Waals surface area contributed by atoms with Crippen molar-refractivity contribution in [1.29, 1.82) is 0 Å². The van der Waals surface area contributed by atoms with Crippen molar-refractivity contribution >= 4 is 33.1 Å². The third-order valence-electron chi connectivity index (χ3n) is 3.98. The van der Waals surface area contributed by atoms with Crippen molar-refractivity contribution in [2.45, 2.75) is 20.0 Å². The molecule has 2 aromatic heterocycles. The third kappa shape index (κ3) is 3.98. The van der Waals surface area contributed by atoms with Crippen molar-refractivity contribution in [2.24, 2.45) is 0 Å². The van der Waals surface area contributed by atoms with Gasteiger partial charge in [-0.1, -0.05) is 48.6 Å². The number of aryl methyl sites for hydroxylation is 1. The lowest BCUT2D eigenvalue weighted by Crippen LogP contribution is -2.10. The van der Waals surface area contributed by atoms with Gasteiger partial charge in [0.15, 0.2) is 5.76 Å². The molecule has 0 saturated heterocycles. The predicted octanol–water partition coefficient (Wildman–Crippen LogP) is 4.68. The maximum atomic E-state index is 12.2. The van der Waals surface area contributed by atoms with E-state index in [1.807, 2.05) is 43.3 Å². The lowest BCUT2D eigenvalue weighted by Gasteiger charge is -2.05. The Labute approximate surface area is 159 Å². The smallest absolute Gasteiger partial charge is 0.293 e. The number of amides is 1. The highest BCUT2D eigenvalue weighted by Gasteiger charge is 2.14. The molecule has 4 aromatic rings. The van der Waals surface area contributed by atoms with Gasteiger partial charge in [0, 0.05) is 0 Å². The van der Waals surface area contributed by atoms with Crippen LogP contribution in [-0.4, -0.2) is 16.1 Å². The number of carbonyl (C=O) groups is 1. The molecule has 0 fully saturated rings. The van der Waals surface area contributed by atoms with Crippen LogP contribution in [0.3, 0.4) is 0 Å². The topological polar surface area (TPSA) is 77.2 Å². The molecule has 1 amide bonds. The molecule has 4 rings (SSSR count). The zero-order valence-corrected chi connectivity index (χ0v) is 15.5. The van der Waals surface area contributed by atoms with Crippen LogP contribution < -0.4 is 10.1 Å². The Balaban J connectivity index is 1.38. The molecular formula is C20H17N3O3S. The zero-order valence-electron chi connectivity index (χ0n) is 14.6. The second-order valence-corrected chi connectivity index (χ2v) is 6.93. The number of nitrogens with zero attached hydrogens (tertiary/aromatic N) is 2. The SMILES string of the molecule is CCc1nnc(NC(=O)c2ccc(COc3ccc4ccccc4c3)o2)s1. The molecule has 0 saturated carbocycles. The predicted molar refractivity (Wildman–Crippen MR) is 104 cm³/mol. The average molecular weight is 379 g/mol. The molecule has 0 atom stereocenters. The monoisotopic (exact) mass is 379 g/mol. The van der Waals surface area contributed by atoms with Gasteiger partial charge in [0.2, 0.25) is 5.13 Å². The van der Waals surface area contributed by atoms with E-state index < -0.39 is 0 Å². The maximum absolute atomic E-state index is 12.2. The van der Waals surface area contributed by atoms with E-state index in [1.54, 1.807) is 12.1 Å². The van der Waals surface area contributed by atoms with E-state index in [0.29, 0.717) is 10.9 Å². The average Bonchev–Trinajstić information content (AvgIpc) is 3.35. The van der Waals surface area contributed by atoms with Gasteiger partial charge in [-0.05, 0) is 41.5 Å². The Morgan fingerprint density at radius 1 is 1.11 bits per heavy atom. The van der Waals surface area contributed by atoms with Gasteiger partial charge in [-0.3, -0.25) is 10.1 Å². The molecule has 0 aliphatic rings. The highest BCUT2D eigenvalue weighted by Crippen LogP contribution is 2.22. The first-order valence-electron chi connectivity index (χ1n) is 8.55. The van der Waals surface area contributed by atoms with Crippen LogP contribution in [0.1, 0.15) is 28.2 Å². The minimum atomic E-state index is -0.356. The third-order valence-corrected chi connectivity index (χ3v) is 4.96. The summed E-state index contributed by atoms with van der Waals surface area (Å²) in [6, 6.07) is 17.3. The van der Waals surface area contributed by atoms with Crippen LogP contribution in [0, 0.1) is 0 Å². The van der Waals surface area contributed by atoms with Crippen molar-refractivity contribution in [1.82, 2.24) is 10.2 Å². The molecule has 0 unspecified atom stereocenters. The number of furan rings is 1. The number of aromatic nitrogens is 2. The fraction of sp³-hybridized carbons (Fsp3) is 0.150. The molecule has 6 nitrogen and oxygen atoms in total. The quantitative estimate of drug-likeness (QED) is 0.526. The van der Waals surface area contributed by atoms with E-state index >= 15 is 0 Å². The van der Waals surface area contributed by atoms with Crippen molar-refractivity contribution in [2.75, 3.05) is 5.32 Å². The fourth-order valence-electron chi connectivity index (χ4n) is 2.59. The van der Waals surface area contributed by atoms with Crippen LogP contribution in [0.25, 0.3) is 10.8 Å². The van der Waals surface area contributed by atoms with Crippen molar-refractivity contribution in [3.05, 3.63) is 71.1 Å². The molecule has 0 aliphatic carbocycles. The molecule has 0 bridgehead atoms. The lowest BCUT2D eigenvalue weighted by atomic mass is 10.1. The normalized spacial score (nSPS) is 10.9. The number of ether oxygens (including phenoxy) is 1. The van der Waals surface area contributed by atoms with Gasteiger partial charge in [-0.2, -0.15) is 0 Å². The van der Waals surface area contributed by atoms with Crippen LogP contribution >= 0.6 is 11.3 Å². The number of rotatable bonds is 6. The zero-order chi connectivity index (χ0) is 18.6. The van der Waals surface area contributed by atoms with Crippen molar-refractivity contribution < 1.29 is 13.9 Å². The number of hydrogen-bond acceptors (Lipinski definition) is 6. The van der Waals surface area contributed by atoms with E-state index in [4.69, 9.17) is 9.15 Å². The van der Waals surface area contributed by atoms with Crippen molar-refractivity contribution in [3.63, 3.8) is 0 Å². The molecule has 1 N–H and O–H groups in total. The summed E-state index contributed by atoms with van der Waals surface area (Å²) in [7, 11) is 0. The summed E-state index contributed by atoms with van der Waals surface area (Å²) >= 11 is 1.35.